The van der Waals surface area contributed by atoms with Crippen molar-refractivity contribution in [2.75, 3.05) is 18.0 Å². The zero-order chi connectivity index (χ0) is 11.6. The van der Waals surface area contributed by atoms with Crippen molar-refractivity contribution in [1.82, 2.24) is 14.6 Å². The van der Waals surface area contributed by atoms with Crippen LogP contribution in [0.25, 0.3) is 4.96 Å². The van der Waals surface area contributed by atoms with Gasteiger partial charge in [0.1, 0.15) is 0 Å². The minimum Gasteiger partial charge on any atom is -0.391 e. The van der Waals surface area contributed by atoms with E-state index in [-0.39, 0.29) is 11.5 Å². The van der Waals surface area contributed by atoms with Gasteiger partial charge in [0.05, 0.1) is 18.0 Å². The lowest BCUT2D eigenvalue weighted by Gasteiger charge is -2.12. The minimum atomic E-state index is -0.180. The van der Waals surface area contributed by atoms with Gasteiger partial charge in [-0.15, -0.1) is 5.10 Å². The Morgan fingerprint density at radius 2 is 2.35 bits per heavy atom. The number of aliphatic hydroxyl groups is 1. The molecular formula is C11H14N4OS. The van der Waals surface area contributed by atoms with Crippen molar-refractivity contribution in [2.45, 2.75) is 25.9 Å². The molecule has 6 heteroatoms. The number of hydrogen-bond donors (Lipinski definition) is 1. The van der Waals surface area contributed by atoms with Crippen molar-refractivity contribution in [1.29, 1.82) is 0 Å². The van der Waals surface area contributed by atoms with Crippen molar-refractivity contribution >= 4 is 21.4 Å². The molecule has 90 valence electrons. The second-order valence-electron chi connectivity index (χ2n) is 5.25. The maximum Gasteiger partial charge on any atom is 0.214 e. The van der Waals surface area contributed by atoms with E-state index in [9.17, 15) is 5.11 Å². The zero-order valence-electron chi connectivity index (χ0n) is 9.63. The van der Waals surface area contributed by atoms with E-state index in [2.05, 4.69) is 15.0 Å². The maximum atomic E-state index is 10.0. The Morgan fingerprint density at radius 1 is 1.53 bits per heavy atom. The summed E-state index contributed by atoms with van der Waals surface area (Å²) in [5.74, 6) is 0. The number of rotatable bonds is 1. The molecule has 1 spiro atoms. The van der Waals surface area contributed by atoms with Crippen LogP contribution in [0.1, 0.15) is 18.5 Å². The number of nitrogens with zero attached hydrogens (tertiary/aromatic N) is 4. The highest BCUT2D eigenvalue weighted by Gasteiger charge is 2.55. The van der Waals surface area contributed by atoms with Crippen LogP contribution in [0.15, 0.2) is 6.20 Å². The first-order valence-corrected chi connectivity index (χ1v) is 6.74. The molecule has 1 saturated heterocycles. The van der Waals surface area contributed by atoms with Gasteiger partial charge in [-0.3, -0.25) is 0 Å². The molecule has 1 atom stereocenters. The molecule has 1 unspecified atom stereocenters. The van der Waals surface area contributed by atoms with Crippen LogP contribution in [0, 0.1) is 12.3 Å². The molecule has 3 heterocycles. The van der Waals surface area contributed by atoms with Crippen LogP contribution >= 0.6 is 11.3 Å². The average Bonchev–Trinajstić information content (AvgIpc) is 2.66. The van der Waals surface area contributed by atoms with E-state index in [1.807, 2.05) is 17.6 Å². The minimum absolute atomic E-state index is 0.180. The molecule has 0 aromatic carbocycles. The van der Waals surface area contributed by atoms with Gasteiger partial charge in [0.2, 0.25) is 10.1 Å². The molecule has 1 aliphatic carbocycles. The molecule has 2 aromatic heterocycles. The van der Waals surface area contributed by atoms with Crippen molar-refractivity contribution < 1.29 is 5.11 Å². The summed E-state index contributed by atoms with van der Waals surface area (Å²) in [6, 6.07) is 0. The summed E-state index contributed by atoms with van der Waals surface area (Å²) in [6.07, 6.45) is 4.08. The zero-order valence-corrected chi connectivity index (χ0v) is 10.4. The lowest BCUT2D eigenvalue weighted by Crippen LogP contribution is -2.21. The van der Waals surface area contributed by atoms with Crippen LogP contribution in [-0.2, 0) is 0 Å². The Bertz CT molecular complexity index is 554. The number of anilines is 1. The normalized spacial score (nSPS) is 26.2. The molecule has 17 heavy (non-hydrogen) atoms. The summed E-state index contributed by atoms with van der Waals surface area (Å²) in [4.78, 5) is 7.54. The van der Waals surface area contributed by atoms with Gasteiger partial charge in [-0.05, 0) is 19.8 Å². The van der Waals surface area contributed by atoms with Gasteiger partial charge in [0.25, 0.3) is 0 Å². The van der Waals surface area contributed by atoms with E-state index in [0.29, 0.717) is 0 Å². The van der Waals surface area contributed by atoms with E-state index in [1.165, 1.54) is 0 Å². The van der Waals surface area contributed by atoms with Gasteiger partial charge in [-0.25, -0.2) is 9.50 Å². The van der Waals surface area contributed by atoms with E-state index < -0.39 is 0 Å². The molecule has 5 nitrogen and oxygen atoms in total. The summed E-state index contributed by atoms with van der Waals surface area (Å²) in [7, 11) is 0. The Labute approximate surface area is 103 Å². The van der Waals surface area contributed by atoms with E-state index in [1.54, 1.807) is 11.3 Å². The lowest BCUT2D eigenvalue weighted by molar-refractivity contribution is 0.136. The molecule has 1 N–H and O–H groups in total. The number of aromatic nitrogens is 3. The molecule has 2 aromatic rings. The van der Waals surface area contributed by atoms with Crippen molar-refractivity contribution in [3.8, 4) is 0 Å². The SMILES string of the molecule is Cc1cn2nc(N3CC(O)C4(CC4)C3)sc2n1. The van der Waals surface area contributed by atoms with Gasteiger partial charge in [0, 0.05) is 18.5 Å². The first kappa shape index (κ1) is 9.85. The van der Waals surface area contributed by atoms with Crippen LogP contribution in [0.3, 0.4) is 0 Å². The third-order valence-electron chi connectivity index (χ3n) is 3.92. The molecule has 2 aliphatic rings. The number of aliphatic hydroxyl groups excluding tert-OH is 1. The first-order chi connectivity index (χ1) is 8.16. The fourth-order valence-corrected chi connectivity index (χ4v) is 3.61. The Hall–Kier alpha value is -1.14. The van der Waals surface area contributed by atoms with Crippen LogP contribution < -0.4 is 4.90 Å². The summed E-state index contributed by atoms with van der Waals surface area (Å²) < 4.78 is 1.83. The first-order valence-electron chi connectivity index (χ1n) is 5.92. The van der Waals surface area contributed by atoms with Gasteiger partial charge in [0.15, 0.2) is 0 Å². The molecular weight excluding hydrogens is 236 g/mol. The summed E-state index contributed by atoms with van der Waals surface area (Å²) in [5.41, 5.74) is 1.18. The molecule has 4 rings (SSSR count). The smallest absolute Gasteiger partial charge is 0.214 e. The number of imidazole rings is 1. The summed E-state index contributed by atoms with van der Waals surface area (Å²) in [5, 5.41) is 15.5. The number of fused-ring (bicyclic) bond motifs is 1. The highest BCUT2D eigenvalue weighted by molar-refractivity contribution is 7.20. The van der Waals surface area contributed by atoms with Crippen molar-refractivity contribution in [3.63, 3.8) is 0 Å². The molecule has 0 amide bonds. The van der Waals surface area contributed by atoms with Gasteiger partial charge in [-0.2, -0.15) is 0 Å². The third kappa shape index (κ3) is 1.34. The fourth-order valence-electron chi connectivity index (χ4n) is 2.68. The largest absolute Gasteiger partial charge is 0.391 e. The predicted octanol–water partition coefficient (Wildman–Crippen LogP) is 1.06. The average molecular weight is 250 g/mol. The second-order valence-corrected chi connectivity index (χ2v) is 6.19. The predicted molar refractivity (Wildman–Crippen MR) is 65.5 cm³/mol. The lowest BCUT2D eigenvalue weighted by atomic mass is 10.0. The van der Waals surface area contributed by atoms with E-state index in [0.717, 1.165) is 41.7 Å². The topological polar surface area (TPSA) is 53.7 Å². The summed E-state index contributed by atoms with van der Waals surface area (Å²) in [6.45, 7) is 3.64. The molecule has 0 radical (unpaired) electrons. The van der Waals surface area contributed by atoms with Crippen LogP contribution in [-0.4, -0.2) is 38.9 Å². The van der Waals surface area contributed by atoms with Crippen LogP contribution in [0.4, 0.5) is 5.13 Å². The molecule has 2 fully saturated rings. The van der Waals surface area contributed by atoms with E-state index >= 15 is 0 Å². The highest BCUT2D eigenvalue weighted by atomic mass is 32.1. The number of β-amino-alcohol motifs (C(OH)–C–C–N with tert-alkyl or cyclic N) is 1. The molecule has 0 bridgehead atoms. The van der Waals surface area contributed by atoms with Crippen molar-refractivity contribution in [2.24, 2.45) is 5.41 Å². The van der Waals surface area contributed by atoms with Crippen molar-refractivity contribution in [3.05, 3.63) is 11.9 Å². The molecule has 1 aliphatic heterocycles. The van der Waals surface area contributed by atoms with Crippen LogP contribution in [0.5, 0.6) is 0 Å². The summed E-state index contributed by atoms with van der Waals surface area (Å²) >= 11 is 1.60. The van der Waals surface area contributed by atoms with E-state index in [4.69, 9.17) is 0 Å². The highest BCUT2D eigenvalue weighted by Crippen LogP contribution is 2.53. The van der Waals surface area contributed by atoms with Gasteiger partial charge in [-0.1, -0.05) is 11.3 Å². The maximum absolute atomic E-state index is 10.0. The quantitative estimate of drug-likeness (QED) is 0.822. The van der Waals surface area contributed by atoms with Gasteiger partial charge < -0.3 is 10.0 Å². The third-order valence-corrected chi connectivity index (χ3v) is 4.91. The number of aryl methyl sites for hydroxylation is 1. The number of hydrogen-bond acceptors (Lipinski definition) is 5. The molecule has 1 saturated carbocycles. The van der Waals surface area contributed by atoms with Crippen LogP contribution in [0.2, 0.25) is 0 Å². The Balaban J connectivity index is 1.68. The standard InChI is InChI=1S/C11H14N4OS/c1-7-4-15-9(12-7)17-10(13-15)14-5-8(16)11(6-14)2-3-11/h4,8,16H,2-3,5-6H2,1H3. The second kappa shape index (κ2) is 3.00. The Morgan fingerprint density at radius 3 is 3.00 bits per heavy atom. The fraction of sp³-hybridized carbons (Fsp3) is 0.636. The van der Waals surface area contributed by atoms with Gasteiger partial charge >= 0.3 is 0 Å². The Kier molecular flexibility index (Phi) is 1.74. The monoisotopic (exact) mass is 250 g/mol.